The molecule has 1 heterocycles. The van der Waals surface area contributed by atoms with Gasteiger partial charge in [-0.1, -0.05) is 30.0 Å². The van der Waals surface area contributed by atoms with Crippen molar-refractivity contribution in [3.63, 3.8) is 0 Å². The molecule has 5 nitrogen and oxygen atoms in total. The summed E-state index contributed by atoms with van der Waals surface area (Å²) >= 11 is 0. The SMILES string of the molecule is O=C(NCC#CCOc1cccc(C(F)(F)F)c1)c1cc(=O)c2ccccc2o1. The van der Waals surface area contributed by atoms with Crippen molar-refractivity contribution in [3.8, 4) is 17.6 Å². The minimum atomic E-state index is -4.45. The molecule has 1 N–H and O–H groups in total. The largest absolute Gasteiger partial charge is 0.481 e. The van der Waals surface area contributed by atoms with Gasteiger partial charge in [0, 0.05) is 6.07 Å². The number of rotatable bonds is 4. The first-order valence-corrected chi connectivity index (χ1v) is 8.41. The van der Waals surface area contributed by atoms with Crippen LogP contribution >= 0.6 is 0 Å². The standard InChI is InChI=1S/C21H14F3NO4/c22-21(23,24)14-6-5-7-15(12-14)28-11-4-3-10-25-20(27)19-13-17(26)16-8-1-2-9-18(16)29-19/h1-2,5-9,12-13H,10-11H2,(H,25,27). The molecule has 0 atom stereocenters. The number of carbonyl (C=O) groups excluding carboxylic acids is 1. The molecule has 3 rings (SSSR count). The average Bonchev–Trinajstić information content (AvgIpc) is 2.70. The number of halogens is 3. The van der Waals surface area contributed by atoms with Crippen molar-refractivity contribution in [2.75, 3.05) is 13.2 Å². The average molecular weight is 401 g/mol. The Morgan fingerprint density at radius 3 is 2.66 bits per heavy atom. The van der Waals surface area contributed by atoms with Crippen LogP contribution in [0.3, 0.4) is 0 Å². The molecule has 0 fully saturated rings. The second-order valence-corrected chi connectivity index (χ2v) is 5.82. The molecule has 29 heavy (non-hydrogen) atoms. The van der Waals surface area contributed by atoms with E-state index in [1.165, 1.54) is 12.1 Å². The van der Waals surface area contributed by atoms with Gasteiger partial charge in [-0.15, -0.1) is 0 Å². The quantitative estimate of drug-likeness (QED) is 0.678. The number of benzene rings is 2. The first-order chi connectivity index (χ1) is 13.8. The lowest BCUT2D eigenvalue weighted by Crippen LogP contribution is -2.24. The van der Waals surface area contributed by atoms with Crippen LogP contribution in [0.15, 0.2) is 63.8 Å². The summed E-state index contributed by atoms with van der Waals surface area (Å²) in [5, 5.41) is 2.84. The summed E-state index contributed by atoms with van der Waals surface area (Å²) in [6.07, 6.45) is -4.45. The molecule has 8 heteroatoms. The van der Waals surface area contributed by atoms with Gasteiger partial charge in [0.25, 0.3) is 5.91 Å². The lowest BCUT2D eigenvalue weighted by molar-refractivity contribution is -0.137. The fourth-order valence-electron chi connectivity index (χ4n) is 2.42. The van der Waals surface area contributed by atoms with E-state index in [9.17, 15) is 22.8 Å². The molecule has 0 unspecified atom stereocenters. The Morgan fingerprint density at radius 1 is 1.07 bits per heavy atom. The zero-order valence-corrected chi connectivity index (χ0v) is 14.9. The Hall–Kier alpha value is -3.73. The van der Waals surface area contributed by atoms with Crippen LogP contribution in [-0.4, -0.2) is 19.1 Å². The number of hydrogen-bond donors (Lipinski definition) is 1. The molecule has 148 valence electrons. The van der Waals surface area contributed by atoms with Crippen LogP contribution in [-0.2, 0) is 6.18 Å². The molecule has 0 bridgehead atoms. The molecule has 0 aliphatic carbocycles. The van der Waals surface area contributed by atoms with Crippen LogP contribution in [0.25, 0.3) is 11.0 Å². The zero-order chi connectivity index (χ0) is 20.9. The van der Waals surface area contributed by atoms with E-state index >= 15 is 0 Å². The smallest absolute Gasteiger partial charge is 0.416 e. The van der Waals surface area contributed by atoms with Gasteiger partial charge in [0.1, 0.15) is 17.9 Å². The van der Waals surface area contributed by atoms with Crippen LogP contribution in [0.5, 0.6) is 5.75 Å². The van der Waals surface area contributed by atoms with Gasteiger partial charge in [-0.25, -0.2) is 0 Å². The predicted molar refractivity (Wildman–Crippen MR) is 99.5 cm³/mol. The van der Waals surface area contributed by atoms with Crippen molar-refractivity contribution in [1.29, 1.82) is 0 Å². The highest BCUT2D eigenvalue weighted by molar-refractivity contribution is 5.93. The normalized spacial score (nSPS) is 10.9. The molecular formula is C21H14F3NO4. The van der Waals surface area contributed by atoms with Gasteiger partial charge in [-0.05, 0) is 30.3 Å². The zero-order valence-electron chi connectivity index (χ0n) is 14.9. The number of fused-ring (bicyclic) bond motifs is 1. The first kappa shape index (κ1) is 20.0. The highest BCUT2D eigenvalue weighted by Gasteiger charge is 2.30. The molecule has 1 amide bonds. The summed E-state index contributed by atoms with van der Waals surface area (Å²) in [6.45, 7) is -0.205. The molecule has 1 aromatic heterocycles. The molecule has 2 aromatic carbocycles. The fraction of sp³-hybridized carbons (Fsp3) is 0.143. The molecule has 0 saturated heterocycles. The van der Waals surface area contributed by atoms with Crippen molar-refractivity contribution in [2.45, 2.75) is 6.18 Å². The van der Waals surface area contributed by atoms with E-state index in [-0.39, 0.29) is 30.1 Å². The van der Waals surface area contributed by atoms with Gasteiger partial charge < -0.3 is 14.5 Å². The minimum Gasteiger partial charge on any atom is -0.481 e. The maximum absolute atomic E-state index is 12.6. The van der Waals surface area contributed by atoms with E-state index in [4.69, 9.17) is 9.15 Å². The maximum Gasteiger partial charge on any atom is 0.416 e. The lowest BCUT2D eigenvalue weighted by atomic mass is 10.2. The van der Waals surface area contributed by atoms with Crippen molar-refractivity contribution in [3.05, 3.63) is 76.1 Å². The van der Waals surface area contributed by atoms with E-state index in [0.717, 1.165) is 18.2 Å². The molecule has 0 aliphatic rings. The van der Waals surface area contributed by atoms with E-state index in [0.29, 0.717) is 11.0 Å². The molecule has 0 spiro atoms. The van der Waals surface area contributed by atoms with Crippen molar-refractivity contribution < 1.29 is 27.1 Å². The van der Waals surface area contributed by atoms with Gasteiger partial charge in [-0.3, -0.25) is 9.59 Å². The highest BCUT2D eigenvalue weighted by atomic mass is 19.4. The third-order valence-electron chi connectivity index (χ3n) is 3.79. The Labute approximate surface area is 163 Å². The van der Waals surface area contributed by atoms with Crippen LogP contribution < -0.4 is 15.5 Å². The number of alkyl halides is 3. The summed E-state index contributed by atoms with van der Waals surface area (Å²) in [4.78, 5) is 24.1. The minimum absolute atomic E-state index is 0.0381. The molecule has 0 aliphatic heterocycles. The first-order valence-electron chi connectivity index (χ1n) is 8.41. The predicted octanol–water partition coefficient (Wildman–Crippen LogP) is 3.62. The summed E-state index contributed by atoms with van der Waals surface area (Å²) in [6, 6.07) is 12.1. The number of hydrogen-bond acceptors (Lipinski definition) is 4. The number of para-hydroxylation sites is 1. The number of amides is 1. The monoisotopic (exact) mass is 401 g/mol. The van der Waals surface area contributed by atoms with Crippen LogP contribution in [0.2, 0.25) is 0 Å². The molecule has 3 aromatic rings. The summed E-state index contributed by atoms with van der Waals surface area (Å²) < 4.78 is 48.5. The van der Waals surface area contributed by atoms with Gasteiger partial charge in [-0.2, -0.15) is 13.2 Å². The van der Waals surface area contributed by atoms with Crippen LogP contribution in [0, 0.1) is 11.8 Å². The topological polar surface area (TPSA) is 68.5 Å². The van der Waals surface area contributed by atoms with Gasteiger partial charge in [0.05, 0.1) is 17.5 Å². The maximum atomic E-state index is 12.6. The Balaban J connectivity index is 1.53. The summed E-state index contributed by atoms with van der Waals surface area (Å²) in [5.74, 6) is 4.47. The lowest BCUT2D eigenvalue weighted by Gasteiger charge is -2.08. The number of carbonyl (C=O) groups is 1. The second-order valence-electron chi connectivity index (χ2n) is 5.82. The fourth-order valence-corrected chi connectivity index (χ4v) is 2.42. The third-order valence-corrected chi connectivity index (χ3v) is 3.79. The Kier molecular flexibility index (Phi) is 5.88. The van der Waals surface area contributed by atoms with Gasteiger partial charge in [0.2, 0.25) is 0 Å². The van der Waals surface area contributed by atoms with Crippen molar-refractivity contribution in [2.24, 2.45) is 0 Å². The number of ether oxygens (including phenoxy) is 1. The molecule has 0 saturated carbocycles. The van der Waals surface area contributed by atoms with Gasteiger partial charge in [0.15, 0.2) is 11.2 Å². The number of nitrogens with one attached hydrogen (secondary N) is 1. The molecule has 0 radical (unpaired) electrons. The molecular weight excluding hydrogens is 387 g/mol. The Bertz CT molecular complexity index is 1160. The van der Waals surface area contributed by atoms with Crippen LogP contribution in [0.1, 0.15) is 16.1 Å². The van der Waals surface area contributed by atoms with E-state index in [1.807, 2.05) is 0 Å². The second kappa shape index (κ2) is 8.52. The van der Waals surface area contributed by atoms with Crippen LogP contribution in [0.4, 0.5) is 13.2 Å². The van der Waals surface area contributed by atoms with E-state index in [2.05, 4.69) is 17.2 Å². The summed E-state index contributed by atoms with van der Waals surface area (Å²) in [7, 11) is 0. The van der Waals surface area contributed by atoms with E-state index in [1.54, 1.807) is 24.3 Å². The summed E-state index contributed by atoms with van der Waals surface area (Å²) in [5.41, 5.74) is -0.851. The van der Waals surface area contributed by atoms with Crippen molar-refractivity contribution >= 4 is 16.9 Å². The Morgan fingerprint density at radius 2 is 1.86 bits per heavy atom. The highest BCUT2D eigenvalue weighted by Crippen LogP contribution is 2.31. The van der Waals surface area contributed by atoms with Crippen molar-refractivity contribution in [1.82, 2.24) is 5.32 Å². The van der Waals surface area contributed by atoms with Gasteiger partial charge >= 0.3 is 6.18 Å². The van der Waals surface area contributed by atoms with E-state index < -0.39 is 17.6 Å². The third kappa shape index (κ3) is 5.17.